The van der Waals surface area contributed by atoms with Crippen molar-refractivity contribution in [2.24, 2.45) is 0 Å². The molecule has 0 amide bonds. The minimum Gasteiger partial charge on any atom is -0.252 e. The van der Waals surface area contributed by atoms with Crippen LogP contribution in [0.15, 0.2) is 22.7 Å². The van der Waals surface area contributed by atoms with Gasteiger partial charge in [0.2, 0.25) is 0 Å². The molecule has 0 aliphatic heterocycles. The van der Waals surface area contributed by atoms with E-state index in [1.807, 2.05) is 25.1 Å². The third-order valence-corrected chi connectivity index (χ3v) is 3.53. The fraction of sp³-hybridized carbons (Fsp3) is 0.250. The molecule has 0 spiro atoms. The number of aromatic nitrogens is 1. The first-order valence-electron chi connectivity index (χ1n) is 4.87. The Balaban J connectivity index is 2.84. The summed E-state index contributed by atoms with van der Waals surface area (Å²) in [6, 6.07) is 5.99. The molecular formula is C12H11BrClN. The summed E-state index contributed by atoms with van der Waals surface area (Å²) in [5.41, 5.74) is 3.13. The molecule has 3 heteroatoms. The summed E-state index contributed by atoms with van der Waals surface area (Å²) in [7, 11) is 0. The van der Waals surface area contributed by atoms with Crippen LogP contribution in [0.5, 0.6) is 0 Å². The van der Waals surface area contributed by atoms with Gasteiger partial charge in [-0.3, -0.25) is 4.98 Å². The summed E-state index contributed by atoms with van der Waals surface area (Å²) in [6.07, 6.45) is 0.914. The summed E-state index contributed by atoms with van der Waals surface area (Å²) in [5.74, 6) is 0. The third-order valence-electron chi connectivity index (χ3n) is 2.55. The van der Waals surface area contributed by atoms with Crippen LogP contribution in [-0.4, -0.2) is 4.98 Å². The van der Waals surface area contributed by atoms with E-state index in [1.54, 1.807) is 0 Å². The highest BCUT2D eigenvalue weighted by atomic mass is 79.9. The lowest BCUT2D eigenvalue weighted by Crippen LogP contribution is -1.94. The molecule has 0 bridgehead atoms. The molecule has 0 aliphatic carbocycles. The van der Waals surface area contributed by atoms with Crippen molar-refractivity contribution in [3.63, 3.8) is 0 Å². The van der Waals surface area contributed by atoms with Gasteiger partial charge in [-0.05, 0) is 37.1 Å². The Bertz CT molecular complexity index is 523. The van der Waals surface area contributed by atoms with Crippen LogP contribution in [0.2, 0.25) is 5.02 Å². The van der Waals surface area contributed by atoms with Crippen molar-refractivity contribution >= 4 is 38.4 Å². The predicted octanol–water partition coefficient (Wildman–Crippen LogP) is 4.52. The average Bonchev–Trinajstić information content (AvgIpc) is 2.24. The lowest BCUT2D eigenvalue weighted by Gasteiger charge is -2.08. The highest BCUT2D eigenvalue weighted by Crippen LogP contribution is 2.29. The zero-order chi connectivity index (χ0) is 11.0. The van der Waals surface area contributed by atoms with Crippen LogP contribution in [0.3, 0.4) is 0 Å². The van der Waals surface area contributed by atoms with Gasteiger partial charge >= 0.3 is 0 Å². The topological polar surface area (TPSA) is 12.9 Å². The first-order chi connectivity index (χ1) is 7.13. The number of benzene rings is 1. The van der Waals surface area contributed by atoms with Crippen LogP contribution in [-0.2, 0) is 6.42 Å². The van der Waals surface area contributed by atoms with E-state index in [1.165, 1.54) is 0 Å². The maximum atomic E-state index is 6.32. The number of halogens is 2. The monoisotopic (exact) mass is 283 g/mol. The Hall–Kier alpha value is -0.600. The maximum absolute atomic E-state index is 6.32. The van der Waals surface area contributed by atoms with Gasteiger partial charge < -0.3 is 0 Å². The Morgan fingerprint density at radius 3 is 2.80 bits per heavy atom. The molecular weight excluding hydrogens is 273 g/mol. The fourth-order valence-electron chi connectivity index (χ4n) is 1.68. The summed E-state index contributed by atoms with van der Waals surface area (Å²) < 4.78 is 1.03. The van der Waals surface area contributed by atoms with E-state index in [0.717, 1.165) is 38.1 Å². The van der Waals surface area contributed by atoms with E-state index in [0.29, 0.717) is 0 Å². The van der Waals surface area contributed by atoms with Gasteiger partial charge in [0, 0.05) is 15.6 Å². The molecule has 0 aliphatic rings. The molecule has 78 valence electrons. The molecule has 0 saturated heterocycles. The van der Waals surface area contributed by atoms with Gasteiger partial charge in [-0.25, -0.2) is 0 Å². The van der Waals surface area contributed by atoms with Crippen molar-refractivity contribution in [1.82, 2.24) is 4.98 Å². The van der Waals surface area contributed by atoms with Gasteiger partial charge in [0.15, 0.2) is 0 Å². The number of nitrogens with zero attached hydrogens (tertiary/aromatic N) is 1. The minimum absolute atomic E-state index is 0.818. The lowest BCUT2D eigenvalue weighted by molar-refractivity contribution is 1.03. The van der Waals surface area contributed by atoms with E-state index in [4.69, 9.17) is 11.6 Å². The molecule has 1 aromatic carbocycles. The van der Waals surface area contributed by atoms with Gasteiger partial charge in [0.1, 0.15) is 0 Å². The van der Waals surface area contributed by atoms with E-state index in [2.05, 4.69) is 27.8 Å². The van der Waals surface area contributed by atoms with Crippen LogP contribution in [0.25, 0.3) is 10.9 Å². The van der Waals surface area contributed by atoms with Crippen LogP contribution in [0, 0.1) is 6.92 Å². The number of pyridine rings is 1. The molecule has 15 heavy (non-hydrogen) atoms. The normalized spacial score (nSPS) is 10.9. The number of hydrogen-bond donors (Lipinski definition) is 0. The highest BCUT2D eigenvalue weighted by Gasteiger charge is 2.08. The van der Waals surface area contributed by atoms with Crippen molar-refractivity contribution in [3.05, 3.63) is 39.0 Å². The molecule has 0 radical (unpaired) electrons. The molecule has 0 unspecified atom stereocenters. The van der Waals surface area contributed by atoms with E-state index >= 15 is 0 Å². The summed E-state index contributed by atoms with van der Waals surface area (Å²) >= 11 is 9.76. The summed E-state index contributed by atoms with van der Waals surface area (Å²) in [6.45, 7) is 4.12. The SMILES string of the molecule is CCc1nc2ccc(Br)cc2c(Cl)c1C. The summed E-state index contributed by atoms with van der Waals surface area (Å²) in [4.78, 5) is 4.59. The molecule has 0 atom stereocenters. The molecule has 0 saturated carbocycles. The van der Waals surface area contributed by atoms with Crippen LogP contribution >= 0.6 is 27.5 Å². The fourth-order valence-corrected chi connectivity index (χ4v) is 2.31. The molecule has 2 rings (SSSR count). The largest absolute Gasteiger partial charge is 0.252 e. The van der Waals surface area contributed by atoms with Crippen molar-refractivity contribution in [2.75, 3.05) is 0 Å². The van der Waals surface area contributed by atoms with Crippen molar-refractivity contribution in [1.29, 1.82) is 0 Å². The van der Waals surface area contributed by atoms with Crippen molar-refractivity contribution < 1.29 is 0 Å². The van der Waals surface area contributed by atoms with Crippen molar-refractivity contribution in [3.8, 4) is 0 Å². The first kappa shape index (κ1) is 10.9. The van der Waals surface area contributed by atoms with Gasteiger partial charge in [-0.15, -0.1) is 0 Å². The quantitative estimate of drug-likeness (QED) is 0.750. The Morgan fingerprint density at radius 2 is 2.13 bits per heavy atom. The molecule has 1 aromatic heterocycles. The molecule has 2 aromatic rings. The van der Waals surface area contributed by atoms with E-state index < -0.39 is 0 Å². The zero-order valence-corrected chi connectivity index (χ0v) is 11.0. The number of rotatable bonds is 1. The Morgan fingerprint density at radius 1 is 1.40 bits per heavy atom. The maximum Gasteiger partial charge on any atom is 0.0721 e. The predicted molar refractivity (Wildman–Crippen MR) is 68.6 cm³/mol. The van der Waals surface area contributed by atoms with Crippen LogP contribution in [0.1, 0.15) is 18.2 Å². The number of fused-ring (bicyclic) bond motifs is 1. The van der Waals surface area contributed by atoms with E-state index in [9.17, 15) is 0 Å². The van der Waals surface area contributed by atoms with Crippen LogP contribution in [0.4, 0.5) is 0 Å². The van der Waals surface area contributed by atoms with Gasteiger partial charge in [0.25, 0.3) is 0 Å². The standard InChI is InChI=1S/C12H11BrClN/c1-3-10-7(2)12(14)9-6-8(13)4-5-11(9)15-10/h4-6H,3H2,1-2H3. The van der Waals surface area contributed by atoms with E-state index in [-0.39, 0.29) is 0 Å². The number of aryl methyl sites for hydroxylation is 1. The number of hydrogen-bond acceptors (Lipinski definition) is 1. The molecule has 0 fully saturated rings. The zero-order valence-electron chi connectivity index (χ0n) is 8.64. The average molecular weight is 285 g/mol. The smallest absolute Gasteiger partial charge is 0.0721 e. The highest BCUT2D eigenvalue weighted by molar-refractivity contribution is 9.10. The minimum atomic E-state index is 0.818. The molecule has 0 N–H and O–H groups in total. The second-order valence-electron chi connectivity index (χ2n) is 3.51. The van der Waals surface area contributed by atoms with Gasteiger partial charge in [0.05, 0.1) is 10.5 Å². The summed E-state index contributed by atoms with van der Waals surface area (Å²) in [5, 5.41) is 1.83. The van der Waals surface area contributed by atoms with Crippen LogP contribution < -0.4 is 0 Å². The van der Waals surface area contributed by atoms with Gasteiger partial charge in [-0.1, -0.05) is 34.5 Å². The first-order valence-corrected chi connectivity index (χ1v) is 6.04. The second-order valence-corrected chi connectivity index (χ2v) is 4.81. The lowest BCUT2D eigenvalue weighted by atomic mass is 10.1. The van der Waals surface area contributed by atoms with Crippen molar-refractivity contribution in [2.45, 2.75) is 20.3 Å². The van der Waals surface area contributed by atoms with Gasteiger partial charge in [-0.2, -0.15) is 0 Å². The molecule has 1 heterocycles. The second kappa shape index (κ2) is 4.11. The third kappa shape index (κ3) is 1.88. The molecule has 1 nitrogen and oxygen atoms in total. The Kier molecular flexibility index (Phi) is 2.98. The Labute approximate surface area is 103 Å².